The molecule has 2 aliphatic heterocycles. The molecule has 0 aliphatic carbocycles. The quantitative estimate of drug-likeness (QED) is 0.886. The lowest BCUT2D eigenvalue weighted by Gasteiger charge is -2.32. The number of ether oxygens (including phenoxy) is 1. The van der Waals surface area contributed by atoms with E-state index in [0.29, 0.717) is 31.4 Å². The van der Waals surface area contributed by atoms with E-state index in [1.54, 1.807) is 18.7 Å². The van der Waals surface area contributed by atoms with Crippen LogP contribution in [0.1, 0.15) is 12.2 Å². The smallest absolute Gasteiger partial charge is 0.225 e. The zero-order valence-electron chi connectivity index (χ0n) is 14.0. The van der Waals surface area contributed by atoms with Crippen molar-refractivity contribution in [1.29, 1.82) is 0 Å². The highest BCUT2D eigenvalue weighted by atomic mass is 16.5. The molecule has 0 spiro atoms. The van der Waals surface area contributed by atoms with Crippen molar-refractivity contribution in [3.8, 4) is 0 Å². The number of nitrogens with one attached hydrogen (secondary N) is 1. The number of rotatable bonds is 5. The molecule has 1 amide bonds. The third-order valence-electron chi connectivity index (χ3n) is 5.08. The fourth-order valence-corrected chi connectivity index (χ4v) is 3.84. The second kappa shape index (κ2) is 7.23. The van der Waals surface area contributed by atoms with Crippen LogP contribution >= 0.6 is 0 Å². The van der Waals surface area contributed by atoms with E-state index in [-0.39, 0.29) is 11.8 Å². The number of furan rings is 1. The molecule has 0 saturated carbocycles. The lowest BCUT2D eigenvalue weighted by molar-refractivity contribution is -0.124. The maximum Gasteiger partial charge on any atom is 0.225 e. The van der Waals surface area contributed by atoms with Crippen LogP contribution in [0.2, 0.25) is 0 Å². The van der Waals surface area contributed by atoms with Crippen LogP contribution in [0.3, 0.4) is 0 Å². The van der Waals surface area contributed by atoms with E-state index in [9.17, 15) is 4.79 Å². The summed E-state index contributed by atoms with van der Waals surface area (Å²) < 4.78 is 11.0. The van der Waals surface area contributed by atoms with Crippen molar-refractivity contribution >= 4 is 11.9 Å². The summed E-state index contributed by atoms with van der Waals surface area (Å²) in [6, 6.07) is 5.50. The fourth-order valence-electron chi connectivity index (χ4n) is 3.84. The van der Waals surface area contributed by atoms with Gasteiger partial charge >= 0.3 is 0 Å². The van der Waals surface area contributed by atoms with E-state index >= 15 is 0 Å². The molecule has 0 unspecified atom stereocenters. The first-order valence-electron chi connectivity index (χ1n) is 8.68. The van der Waals surface area contributed by atoms with Gasteiger partial charge in [0.25, 0.3) is 0 Å². The summed E-state index contributed by atoms with van der Waals surface area (Å²) in [6.45, 7) is 3.59. The van der Waals surface area contributed by atoms with Gasteiger partial charge in [-0.05, 0) is 30.0 Å². The summed E-state index contributed by atoms with van der Waals surface area (Å²) in [6.07, 6.45) is 5.62. The molecule has 0 bridgehead atoms. The van der Waals surface area contributed by atoms with Gasteiger partial charge < -0.3 is 19.4 Å². The van der Waals surface area contributed by atoms with Crippen LogP contribution in [-0.4, -0.2) is 42.2 Å². The molecule has 1 N–H and O–H groups in total. The minimum atomic E-state index is 0.0417. The van der Waals surface area contributed by atoms with E-state index in [1.165, 1.54) is 0 Å². The monoisotopic (exact) mass is 342 g/mol. The Hall–Kier alpha value is -2.41. The van der Waals surface area contributed by atoms with Crippen molar-refractivity contribution in [3.05, 3.63) is 42.6 Å². The predicted molar refractivity (Wildman–Crippen MR) is 90.7 cm³/mol. The molecule has 132 valence electrons. The van der Waals surface area contributed by atoms with Crippen LogP contribution in [0.25, 0.3) is 0 Å². The molecule has 4 heterocycles. The predicted octanol–water partition coefficient (Wildman–Crippen LogP) is 1.47. The molecule has 2 aromatic rings. The largest absolute Gasteiger partial charge is 0.467 e. The molecule has 4 rings (SSSR count). The highest BCUT2D eigenvalue weighted by Gasteiger charge is 2.42. The zero-order chi connectivity index (χ0) is 17.1. The Morgan fingerprint density at radius 3 is 2.92 bits per heavy atom. The Morgan fingerprint density at radius 2 is 2.12 bits per heavy atom. The van der Waals surface area contributed by atoms with E-state index < -0.39 is 0 Å². The normalized spacial score (nSPS) is 25.6. The highest BCUT2D eigenvalue weighted by Crippen LogP contribution is 2.36. The average Bonchev–Trinajstić information content (AvgIpc) is 3.31. The Labute approximate surface area is 146 Å². The van der Waals surface area contributed by atoms with Gasteiger partial charge in [-0.3, -0.25) is 4.79 Å². The average molecular weight is 342 g/mol. The fraction of sp³-hybridized carbons (Fsp3) is 0.500. The molecule has 2 saturated heterocycles. The molecule has 3 atom stereocenters. The van der Waals surface area contributed by atoms with E-state index in [0.717, 1.165) is 31.4 Å². The highest BCUT2D eigenvalue weighted by molar-refractivity contribution is 5.76. The molecule has 2 fully saturated rings. The zero-order valence-corrected chi connectivity index (χ0v) is 14.0. The summed E-state index contributed by atoms with van der Waals surface area (Å²) in [4.78, 5) is 23.2. The minimum Gasteiger partial charge on any atom is -0.467 e. The van der Waals surface area contributed by atoms with Gasteiger partial charge in [0.15, 0.2) is 0 Å². The van der Waals surface area contributed by atoms with Gasteiger partial charge in [0.05, 0.1) is 26.0 Å². The Balaban J connectivity index is 1.35. The van der Waals surface area contributed by atoms with Gasteiger partial charge in [0, 0.05) is 37.8 Å². The standard InChI is InChI=1S/C18H22N4O3/c23-17(21-8-15-3-1-6-25-15)7-13-11-24-12-14-9-22(10-16(13)14)18-19-4-2-5-20-18/h1-6,13-14,16H,7-12H2,(H,21,23)/t13-,14-,16+/m1/s1. The van der Waals surface area contributed by atoms with Crippen LogP contribution in [0.5, 0.6) is 0 Å². The van der Waals surface area contributed by atoms with Crippen molar-refractivity contribution in [2.24, 2.45) is 17.8 Å². The molecule has 2 aliphatic rings. The third-order valence-corrected chi connectivity index (χ3v) is 5.08. The molecular formula is C18H22N4O3. The SMILES string of the molecule is O=C(C[C@@H]1COC[C@H]2CN(c3ncccn3)C[C@@H]12)NCc1ccco1. The van der Waals surface area contributed by atoms with E-state index in [1.807, 2.05) is 18.2 Å². The number of carbonyl (C=O) groups excluding carboxylic acids is 1. The van der Waals surface area contributed by atoms with Crippen molar-refractivity contribution < 1.29 is 13.9 Å². The first kappa shape index (κ1) is 16.1. The Kier molecular flexibility index (Phi) is 4.65. The maximum absolute atomic E-state index is 12.3. The summed E-state index contributed by atoms with van der Waals surface area (Å²) in [5.74, 6) is 2.66. The van der Waals surface area contributed by atoms with Gasteiger partial charge in [-0.15, -0.1) is 0 Å². The van der Waals surface area contributed by atoms with E-state index in [4.69, 9.17) is 9.15 Å². The third kappa shape index (κ3) is 3.66. The number of hydrogen-bond donors (Lipinski definition) is 1. The van der Waals surface area contributed by atoms with Crippen LogP contribution in [0.15, 0.2) is 41.3 Å². The lowest BCUT2D eigenvalue weighted by Crippen LogP contribution is -2.38. The molecule has 7 heteroatoms. The van der Waals surface area contributed by atoms with Gasteiger partial charge in [-0.2, -0.15) is 0 Å². The number of carbonyl (C=O) groups is 1. The first-order chi connectivity index (χ1) is 12.3. The van der Waals surface area contributed by atoms with Crippen LogP contribution in [-0.2, 0) is 16.1 Å². The summed E-state index contributed by atoms with van der Waals surface area (Å²) in [5.41, 5.74) is 0. The Morgan fingerprint density at radius 1 is 1.24 bits per heavy atom. The van der Waals surface area contributed by atoms with Crippen molar-refractivity contribution in [2.75, 3.05) is 31.2 Å². The number of anilines is 1. The Bertz CT molecular complexity index is 692. The number of aromatic nitrogens is 2. The van der Waals surface area contributed by atoms with Crippen molar-refractivity contribution in [1.82, 2.24) is 15.3 Å². The van der Waals surface area contributed by atoms with Gasteiger partial charge in [-0.25, -0.2) is 9.97 Å². The van der Waals surface area contributed by atoms with Crippen molar-refractivity contribution in [2.45, 2.75) is 13.0 Å². The summed E-state index contributed by atoms with van der Waals surface area (Å²) in [7, 11) is 0. The number of amides is 1. The van der Waals surface area contributed by atoms with Crippen molar-refractivity contribution in [3.63, 3.8) is 0 Å². The second-order valence-electron chi connectivity index (χ2n) is 6.74. The summed E-state index contributed by atoms with van der Waals surface area (Å²) in [5, 5.41) is 2.93. The number of hydrogen-bond acceptors (Lipinski definition) is 6. The van der Waals surface area contributed by atoms with Crippen LogP contribution in [0, 0.1) is 17.8 Å². The molecule has 2 aromatic heterocycles. The van der Waals surface area contributed by atoms with E-state index in [2.05, 4.69) is 20.2 Å². The minimum absolute atomic E-state index is 0.0417. The summed E-state index contributed by atoms with van der Waals surface area (Å²) >= 11 is 0. The number of nitrogens with zero attached hydrogens (tertiary/aromatic N) is 3. The lowest BCUT2D eigenvalue weighted by atomic mass is 9.81. The van der Waals surface area contributed by atoms with Crippen LogP contribution < -0.4 is 10.2 Å². The van der Waals surface area contributed by atoms with Gasteiger partial charge in [-0.1, -0.05) is 0 Å². The van der Waals surface area contributed by atoms with Crippen LogP contribution in [0.4, 0.5) is 5.95 Å². The molecule has 25 heavy (non-hydrogen) atoms. The molecule has 0 aromatic carbocycles. The van der Waals surface area contributed by atoms with Gasteiger partial charge in [0.2, 0.25) is 11.9 Å². The second-order valence-corrected chi connectivity index (χ2v) is 6.74. The number of fused-ring (bicyclic) bond motifs is 1. The maximum atomic E-state index is 12.3. The molecule has 0 radical (unpaired) electrons. The van der Waals surface area contributed by atoms with Gasteiger partial charge in [0.1, 0.15) is 5.76 Å². The first-order valence-corrected chi connectivity index (χ1v) is 8.68. The topological polar surface area (TPSA) is 80.5 Å². The molecular weight excluding hydrogens is 320 g/mol. The molecule has 7 nitrogen and oxygen atoms in total.